The highest BCUT2D eigenvalue weighted by Gasteiger charge is 2.19. The van der Waals surface area contributed by atoms with Crippen molar-refractivity contribution in [3.05, 3.63) is 55.4 Å². The molecule has 0 amide bonds. The molecule has 0 aliphatic heterocycles. The number of hydrogen-bond acceptors (Lipinski definition) is 2. The van der Waals surface area contributed by atoms with Gasteiger partial charge in [-0.1, -0.05) is 42.3 Å². The Kier molecular flexibility index (Phi) is 6.06. The molecule has 5 heteroatoms. The SMILES string of the molecule is CCCNC(Cc1cccc(F)c1Cl)c1scc(C)c1Cl. The van der Waals surface area contributed by atoms with Gasteiger partial charge >= 0.3 is 0 Å². The second-order valence-corrected chi connectivity index (χ2v) is 6.69. The molecule has 2 aromatic rings. The van der Waals surface area contributed by atoms with Gasteiger partial charge in [0.25, 0.3) is 0 Å². The van der Waals surface area contributed by atoms with Crippen molar-refractivity contribution >= 4 is 34.5 Å². The molecule has 1 unspecified atom stereocenters. The third-order valence-corrected chi connectivity index (χ3v) is 5.59. The van der Waals surface area contributed by atoms with Crippen LogP contribution in [0.3, 0.4) is 0 Å². The second-order valence-electron chi connectivity index (χ2n) is 5.02. The van der Waals surface area contributed by atoms with E-state index in [4.69, 9.17) is 23.2 Å². The predicted octanol–water partition coefficient (Wildman–Crippen LogP) is 5.79. The molecule has 114 valence electrons. The van der Waals surface area contributed by atoms with E-state index in [0.717, 1.165) is 34.0 Å². The van der Waals surface area contributed by atoms with E-state index in [-0.39, 0.29) is 16.9 Å². The maximum absolute atomic E-state index is 13.6. The number of benzene rings is 1. The van der Waals surface area contributed by atoms with Crippen molar-refractivity contribution in [1.29, 1.82) is 0 Å². The van der Waals surface area contributed by atoms with Crippen molar-refractivity contribution in [2.45, 2.75) is 32.7 Å². The zero-order valence-electron chi connectivity index (χ0n) is 12.1. The Labute approximate surface area is 139 Å². The first-order chi connectivity index (χ1) is 10.0. The van der Waals surface area contributed by atoms with Crippen molar-refractivity contribution in [2.75, 3.05) is 6.54 Å². The van der Waals surface area contributed by atoms with Gasteiger partial charge in [-0.2, -0.15) is 0 Å². The lowest BCUT2D eigenvalue weighted by molar-refractivity contribution is 0.534. The average Bonchev–Trinajstić information content (AvgIpc) is 2.80. The van der Waals surface area contributed by atoms with Crippen LogP contribution in [-0.4, -0.2) is 6.54 Å². The summed E-state index contributed by atoms with van der Waals surface area (Å²) in [6, 6.07) is 4.98. The molecule has 0 spiro atoms. The lowest BCUT2D eigenvalue weighted by Gasteiger charge is -2.19. The monoisotopic (exact) mass is 345 g/mol. The van der Waals surface area contributed by atoms with Crippen LogP contribution >= 0.6 is 34.5 Å². The fourth-order valence-electron chi connectivity index (χ4n) is 2.19. The van der Waals surface area contributed by atoms with Gasteiger partial charge in [0, 0.05) is 10.9 Å². The first kappa shape index (κ1) is 16.8. The van der Waals surface area contributed by atoms with Gasteiger partial charge in [-0.05, 0) is 48.9 Å². The lowest BCUT2D eigenvalue weighted by atomic mass is 10.0. The van der Waals surface area contributed by atoms with Gasteiger partial charge in [0.1, 0.15) is 5.82 Å². The highest BCUT2D eigenvalue weighted by molar-refractivity contribution is 7.10. The third-order valence-electron chi connectivity index (χ3n) is 3.34. The summed E-state index contributed by atoms with van der Waals surface area (Å²) in [6.45, 7) is 4.99. The summed E-state index contributed by atoms with van der Waals surface area (Å²) >= 11 is 14.1. The number of aryl methyl sites for hydroxylation is 1. The lowest BCUT2D eigenvalue weighted by Crippen LogP contribution is -2.23. The van der Waals surface area contributed by atoms with Crippen molar-refractivity contribution in [3.63, 3.8) is 0 Å². The molecule has 1 atom stereocenters. The Morgan fingerprint density at radius 3 is 2.67 bits per heavy atom. The molecule has 1 N–H and O–H groups in total. The maximum atomic E-state index is 13.6. The van der Waals surface area contributed by atoms with Crippen LogP contribution in [0, 0.1) is 12.7 Å². The van der Waals surface area contributed by atoms with Crippen molar-refractivity contribution in [1.82, 2.24) is 5.32 Å². The highest BCUT2D eigenvalue weighted by Crippen LogP contribution is 2.35. The van der Waals surface area contributed by atoms with Crippen molar-refractivity contribution < 1.29 is 4.39 Å². The third kappa shape index (κ3) is 3.98. The van der Waals surface area contributed by atoms with Crippen LogP contribution in [0.2, 0.25) is 10.0 Å². The fraction of sp³-hybridized carbons (Fsp3) is 0.375. The minimum Gasteiger partial charge on any atom is -0.309 e. The molecule has 0 fully saturated rings. The molecule has 1 heterocycles. The van der Waals surface area contributed by atoms with E-state index in [2.05, 4.69) is 12.2 Å². The molecule has 0 aliphatic carbocycles. The van der Waals surface area contributed by atoms with Crippen molar-refractivity contribution in [3.8, 4) is 0 Å². The zero-order chi connectivity index (χ0) is 15.4. The Morgan fingerprint density at radius 1 is 1.29 bits per heavy atom. The van der Waals surface area contributed by atoms with Crippen LogP contribution in [-0.2, 0) is 6.42 Å². The molecule has 1 aromatic carbocycles. The normalized spacial score (nSPS) is 12.6. The van der Waals surface area contributed by atoms with E-state index in [1.807, 2.05) is 18.4 Å². The predicted molar refractivity (Wildman–Crippen MR) is 90.2 cm³/mol. The van der Waals surface area contributed by atoms with E-state index >= 15 is 0 Å². The average molecular weight is 346 g/mol. The van der Waals surface area contributed by atoms with E-state index in [1.165, 1.54) is 6.07 Å². The Morgan fingerprint density at radius 2 is 2.05 bits per heavy atom. The summed E-state index contributed by atoms with van der Waals surface area (Å²) in [4.78, 5) is 1.09. The summed E-state index contributed by atoms with van der Waals surface area (Å²) in [5.74, 6) is -0.378. The number of thiophene rings is 1. The van der Waals surface area contributed by atoms with Crippen LogP contribution in [0.4, 0.5) is 4.39 Å². The summed E-state index contributed by atoms with van der Waals surface area (Å²) in [5, 5.41) is 6.52. The van der Waals surface area contributed by atoms with Crippen LogP contribution in [0.5, 0.6) is 0 Å². The number of hydrogen-bond donors (Lipinski definition) is 1. The highest BCUT2D eigenvalue weighted by atomic mass is 35.5. The standard InChI is InChI=1S/C16H18Cl2FNS/c1-3-7-20-13(16-14(17)10(2)9-21-16)8-11-5-4-6-12(19)15(11)18/h4-6,9,13,20H,3,7-8H2,1-2H3. The summed E-state index contributed by atoms with van der Waals surface area (Å²) in [7, 11) is 0. The Bertz CT molecular complexity index is 612. The van der Waals surface area contributed by atoms with Gasteiger partial charge in [0.15, 0.2) is 0 Å². The molecule has 21 heavy (non-hydrogen) atoms. The van der Waals surface area contributed by atoms with Gasteiger partial charge in [-0.15, -0.1) is 11.3 Å². The summed E-state index contributed by atoms with van der Waals surface area (Å²) < 4.78 is 13.6. The van der Waals surface area contributed by atoms with Crippen LogP contribution < -0.4 is 5.32 Å². The number of halogens is 3. The Balaban J connectivity index is 2.28. The number of nitrogens with one attached hydrogen (secondary N) is 1. The van der Waals surface area contributed by atoms with E-state index in [0.29, 0.717) is 6.42 Å². The molecule has 2 rings (SSSR count). The van der Waals surface area contributed by atoms with Crippen molar-refractivity contribution in [2.24, 2.45) is 0 Å². The molecule has 0 saturated carbocycles. The minimum atomic E-state index is -0.378. The first-order valence-corrected chi connectivity index (χ1v) is 8.57. The van der Waals surface area contributed by atoms with Crippen LogP contribution in [0.15, 0.2) is 23.6 Å². The zero-order valence-corrected chi connectivity index (χ0v) is 14.4. The largest absolute Gasteiger partial charge is 0.309 e. The van der Waals surface area contributed by atoms with E-state index in [1.54, 1.807) is 17.4 Å². The fourth-order valence-corrected chi connectivity index (χ4v) is 3.79. The second kappa shape index (κ2) is 7.59. The summed E-state index contributed by atoms with van der Waals surface area (Å²) in [5.41, 5.74) is 1.87. The molecule has 0 bridgehead atoms. The molecule has 0 aliphatic rings. The van der Waals surface area contributed by atoms with Gasteiger partial charge < -0.3 is 5.32 Å². The van der Waals surface area contributed by atoms with Gasteiger partial charge in [0.05, 0.1) is 10.0 Å². The molecule has 0 radical (unpaired) electrons. The van der Waals surface area contributed by atoms with E-state index in [9.17, 15) is 4.39 Å². The molecular formula is C16H18Cl2FNS. The van der Waals surface area contributed by atoms with Gasteiger partial charge in [-0.3, -0.25) is 0 Å². The van der Waals surface area contributed by atoms with E-state index < -0.39 is 0 Å². The molecular weight excluding hydrogens is 328 g/mol. The van der Waals surface area contributed by atoms with Gasteiger partial charge in [-0.25, -0.2) is 4.39 Å². The summed E-state index contributed by atoms with van der Waals surface area (Å²) in [6.07, 6.45) is 1.64. The maximum Gasteiger partial charge on any atom is 0.142 e. The first-order valence-electron chi connectivity index (χ1n) is 6.94. The van der Waals surface area contributed by atoms with Crippen LogP contribution in [0.25, 0.3) is 0 Å². The number of rotatable bonds is 6. The molecule has 1 nitrogen and oxygen atoms in total. The molecule has 0 saturated heterocycles. The van der Waals surface area contributed by atoms with Gasteiger partial charge in [0.2, 0.25) is 0 Å². The molecule has 1 aromatic heterocycles. The Hall–Kier alpha value is -0.610. The van der Waals surface area contributed by atoms with Crippen LogP contribution in [0.1, 0.15) is 35.4 Å². The minimum absolute atomic E-state index is 0.0513. The smallest absolute Gasteiger partial charge is 0.142 e. The topological polar surface area (TPSA) is 12.0 Å². The quantitative estimate of drug-likeness (QED) is 0.698.